The summed E-state index contributed by atoms with van der Waals surface area (Å²) in [5, 5.41) is 3.23. The molecule has 1 N–H and O–H groups in total. The van der Waals surface area contributed by atoms with Gasteiger partial charge in [0.15, 0.2) is 0 Å². The average Bonchev–Trinajstić information content (AvgIpc) is 2.24. The Morgan fingerprint density at radius 3 is 2.38 bits per heavy atom. The number of hydrogen-bond donors (Lipinski definition) is 1. The highest BCUT2D eigenvalue weighted by molar-refractivity contribution is 4.72. The fraction of sp³-hybridized carbons (Fsp3) is 1.00. The number of nitrogens with one attached hydrogen (secondary N) is 1. The SMILES string of the molecule is CCN(CCCN(C)C)C(CNC)COC. The lowest BCUT2D eigenvalue weighted by atomic mass is 10.2. The van der Waals surface area contributed by atoms with Crippen molar-refractivity contribution in [3.05, 3.63) is 0 Å². The summed E-state index contributed by atoms with van der Waals surface area (Å²) in [6.07, 6.45) is 1.21. The molecule has 0 amide bonds. The van der Waals surface area contributed by atoms with Crippen molar-refractivity contribution in [2.45, 2.75) is 19.4 Å². The number of methoxy groups -OCH3 is 1. The lowest BCUT2D eigenvalue weighted by Crippen LogP contribution is -2.45. The van der Waals surface area contributed by atoms with E-state index in [1.807, 2.05) is 7.05 Å². The fourth-order valence-corrected chi connectivity index (χ4v) is 1.91. The highest BCUT2D eigenvalue weighted by Crippen LogP contribution is 2.01. The molecule has 1 atom stereocenters. The van der Waals surface area contributed by atoms with Gasteiger partial charge in [-0.1, -0.05) is 6.92 Å². The Morgan fingerprint density at radius 1 is 1.25 bits per heavy atom. The topological polar surface area (TPSA) is 27.7 Å². The van der Waals surface area contributed by atoms with Gasteiger partial charge in [0.05, 0.1) is 6.61 Å². The maximum absolute atomic E-state index is 5.27. The summed E-state index contributed by atoms with van der Waals surface area (Å²) in [6, 6.07) is 0.488. The monoisotopic (exact) mass is 231 g/mol. The number of hydrogen-bond acceptors (Lipinski definition) is 4. The molecule has 4 nitrogen and oxygen atoms in total. The second kappa shape index (κ2) is 10.0. The van der Waals surface area contributed by atoms with E-state index in [-0.39, 0.29) is 0 Å². The molecule has 0 aliphatic rings. The van der Waals surface area contributed by atoms with Crippen LogP contribution in [-0.4, -0.2) is 76.9 Å². The molecule has 16 heavy (non-hydrogen) atoms. The van der Waals surface area contributed by atoms with Crippen molar-refractivity contribution in [1.82, 2.24) is 15.1 Å². The molecular formula is C12H29N3O. The third-order valence-corrected chi connectivity index (χ3v) is 2.77. The summed E-state index contributed by atoms with van der Waals surface area (Å²) < 4.78 is 5.27. The number of rotatable bonds is 10. The third-order valence-electron chi connectivity index (χ3n) is 2.77. The first-order valence-electron chi connectivity index (χ1n) is 6.18. The van der Waals surface area contributed by atoms with Gasteiger partial charge in [0.2, 0.25) is 0 Å². The molecule has 0 aliphatic carbocycles. The van der Waals surface area contributed by atoms with E-state index in [0.29, 0.717) is 6.04 Å². The predicted octanol–water partition coefficient (Wildman–Crippen LogP) is 0.494. The lowest BCUT2D eigenvalue weighted by molar-refractivity contribution is 0.0912. The van der Waals surface area contributed by atoms with Crippen LogP contribution in [0.4, 0.5) is 0 Å². The number of nitrogens with zero attached hydrogens (tertiary/aromatic N) is 2. The van der Waals surface area contributed by atoms with E-state index >= 15 is 0 Å². The zero-order valence-electron chi connectivity index (χ0n) is 11.6. The predicted molar refractivity (Wildman–Crippen MR) is 70.0 cm³/mol. The maximum Gasteiger partial charge on any atom is 0.0630 e. The zero-order chi connectivity index (χ0) is 12.4. The summed E-state index contributed by atoms with van der Waals surface area (Å²) >= 11 is 0. The normalized spacial score (nSPS) is 13.7. The minimum Gasteiger partial charge on any atom is -0.383 e. The Bertz CT molecular complexity index is 147. The molecular weight excluding hydrogens is 202 g/mol. The van der Waals surface area contributed by atoms with Crippen LogP contribution in [0.15, 0.2) is 0 Å². The zero-order valence-corrected chi connectivity index (χ0v) is 11.6. The van der Waals surface area contributed by atoms with Gasteiger partial charge in [-0.05, 0) is 47.2 Å². The van der Waals surface area contributed by atoms with Crippen molar-refractivity contribution in [3.8, 4) is 0 Å². The molecule has 0 fully saturated rings. The van der Waals surface area contributed by atoms with Gasteiger partial charge in [-0.15, -0.1) is 0 Å². The summed E-state index contributed by atoms with van der Waals surface area (Å²) in [5.41, 5.74) is 0. The largest absolute Gasteiger partial charge is 0.383 e. The number of likely N-dealkylation sites (N-methyl/N-ethyl adjacent to an activating group) is 2. The minimum atomic E-state index is 0.488. The van der Waals surface area contributed by atoms with Crippen LogP contribution in [-0.2, 0) is 4.74 Å². The van der Waals surface area contributed by atoms with E-state index in [0.717, 1.165) is 32.8 Å². The molecule has 0 rings (SSSR count). The van der Waals surface area contributed by atoms with E-state index < -0.39 is 0 Å². The fourth-order valence-electron chi connectivity index (χ4n) is 1.91. The summed E-state index contributed by atoms with van der Waals surface area (Å²) in [6.45, 7) is 7.39. The van der Waals surface area contributed by atoms with Crippen molar-refractivity contribution in [1.29, 1.82) is 0 Å². The molecule has 0 radical (unpaired) electrons. The highest BCUT2D eigenvalue weighted by Gasteiger charge is 2.15. The van der Waals surface area contributed by atoms with Crippen LogP contribution in [0.5, 0.6) is 0 Å². The first-order valence-corrected chi connectivity index (χ1v) is 6.18. The van der Waals surface area contributed by atoms with Crippen LogP contribution in [0.25, 0.3) is 0 Å². The van der Waals surface area contributed by atoms with Crippen molar-refractivity contribution < 1.29 is 4.74 Å². The smallest absolute Gasteiger partial charge is 0.0630 e. The van der Waals surface area contributed by atoms with Crippen LogP contribution in [0.3, 0.4) is 0 Å². The van der Waals surface area contributed by atoms with Crippen LogP contribution < -0.4 is 5.32 Å². The van der Waals surface area contributed by atoms with Gasteiger partial charge in [-0.3, -0.25) is 4.90 Å². The molecule has 0 aromatic rings. The Labute approximate surface area is 101 Å². The van der Waals surface area contributed by atoms with Crippen molar-refractivity contribution in [2.24, 2.45) is 0 Å². The molecule has 0 heterocycles. The molecule has 1 unspecified atom stereocenters. The van der Waals surface area contributed by atoms with Gasteiger partial charge in [0.25, 0.3) is 0 Å². The van der Waals surface area contributed by atoms with Crippen molar-refractivity contribution in [2.75, 3.05) is 61.0 Å². The first kappa shape index (κ1) is 15.8. The second-order valence-electron chi connectivity index (χ2n) is 4.45. The summed E-state index contributed by atoms with van der Waals surface area (Å²) in [5.74, 6) is 0. The lowest BCUT2D eigenvalue weighted by Gasteiger charge is -2.30. The van der Waals surface area contributed by atoms with Gasteiger partial charge in [0, 0.05) is 19.7 Å². The Morgan fingerprint density at radius 2 is 1.94 bits per heavy atom. The molecule has 0 saturated heterocycles. The molecule has 0 aromatic carbocycles. The molecule has 0 bridgehead atoms. The van der Waals surface area contributed by atoms with Crippen LogP contribution in [0, 0.1) is 0 Å². The number of ether oxygens (including phenoxy) is 1. The average molecular weight is 231 g/mol. The Balaban J connectivity index is 3.98. The quantitative estimate of drug-likeness (QED) is 0.592. The Kier molecular flexibility index (Phi) is 9.92. The van der Waals surface area contributed by atoms with E-state index in [1.54, 1.807) is 7.11 Å². The van der Waals surface area contributed by atoms with Gasteiger partial charge >= 0.3 is 0 Å². The molecule has 0 saturated carbocycles. The molecule has 0 aliphatic heterocycles. The van der Waals surface area contributed by atoms with Gasteiger partial charge in [0.1, 0.15) is 0 Å². The second-order valence-corrected chi connectivity index (χ2v) is 4.45. The minimum absolute atomic E-state index is 0.488. The van der Waals surface area contributed by atoms with Crippen LogP contribution in [0.2, 0.25) is 0 Å². The summed E-state index contributed by atoms with van der Waals surface area (Å²) in [4.78, 5) is 4.72. The van der Waals surface area contributed by atoms with Gasteiger partial charge < -0.3 is 15.0 Å². The molecule has 0 aromatic heterocycles. The van der Waals surface area contributed by atoms with E-state index in [1.165, 1.54) is 6.42 Å². The van der Waals surface area contributed by atoms with E-state index in [2.05, 4.69) is 36.1 Å². The van der Waals surface area contributed by atoms with E-state index in [4.69, 9.17) is 4.74 Å². The van der Waals surface area contributed by atoms with Gasteiger partial charge in [-0.25, -0.2) is 0 Å². The molecule has 98 valence electrons. The molecule has 0 spiro atoms. The molecule has 4 heteroatoms. The van der Waals surface area contributed by atoms with Crippen LogP contribution >= 0.6 is 0 Å². The summed E-state index contributed by atoms with van der Waals surface area (Å²) in [7, 11) is 8.01. The van der Waals surface area contributed by atoms with Gasteiger partial charge in [-0.2, -0.15) is 0 Å². The first-order chi connectivity index (χ1) is 7.65. The standard InChI is InChI=1S/C12H29N3O/c1-6-15(9-7-8-14(3)4)12(10-13-2)11-16-5/h12-13H,6-11H2,1-5H3. The maximum atomic E-state index is 5.27. The highest BCUT2D eigenvalue weighted by atomic mass is 16.5. The van der Waals surface area contributed by atoms with Crippen molar-refractivity contribution >= 4 is 0 Å². The Hall–Kier alpha value is -0.160. The van der Waals surface area contributed by atoms with E-state index in [9.17, 15) is 0 Å². The van der Waals surface area contributed by atoms with Crippen LogP contribution in [0.1, 0.15) is 13.3 Å². The third kappa shape index (κ3) is 7.17. The van der Waals surface area contributed by atoms with Crippen molar-refractivity contribution in [3.63, 3.8) is 0 Å².